The van der Waals surface area contributed by atoms with Crippen LogP contribution in [-0.2, 0) is 14.3 Å². The molecule has 1 N–H and O–H groups in total. The molecule has 0 fully saturated rings. The van der Waals surface area contributed by atoms with Gasteiger partial charge in [-0.2, -0.15) is 0 Å². The van der Waals surface area contributed by atoms with Gasteiger partial charge in [-0.25, -0.2) is 4.79 Å². The Morgan fingerprint density at radius 2 is 1.90 bits per heavy atom. The number of halogens is 2. The molecule has 0 spiro atoms. The molecule has 2 rings (SSSR count). The molecule has 0 radical (unpaired) electrons. The molecule has 0 saturated carbocycles. The van der Waals surface area contributed by atoms with Crippen LogP contribution in [0.3, 0.4) is 0 Å². The molecule has 0 aromatic heterocycles. The third kappa shape index (κ3) is 6.20. The van der Waals surface area contributed by atoms with Crippen molar-refractivity contribution in [2.45, 2.75) is 13.0 Å². The highest BCUT2D eigenvalue weighted by molar-refractivity contribution is 6.42. The van der Waals surface area contributed by atoms with Crippen LogP contribution in [0.2, 0.25) is 10.0 Å². The average molecular weight is 439 g/mol. The first-order valence-electron chi connectivity index (χ1n) is 8.18. The summed E-state index contributed by atoms with van der Waals surface area (Å²) in [5, 5.41) is 14.1. The number of nitrogens with one attached hydrogen (secondary N) is 1. The first-order valence-corrected chi connectivity index (χ1v) is 8.94. The van der Waals surface area contributed by atoms with E-state index in [9.17, 15) is 19.7 Å². The third-order valence-corrected chi connectivity index (χ3v) is 4.41. The molecule has 1 amide bonds. The van der Waals surface area contributed by atoms with E-state index in [1.54, 1.807) is 18.2 Å². The quantitative estimate of drug-likeness (QED) is 0.295. The number of esters is 1. The maximum atomic E-state index is 12.3. The van der Waals surface area contributed by atoms with Crippen molar-refractivity contribution in [3.8, 4) is 5.75 Å². The van der Waals surface area contributed by atoms with Crippen LogP contribution in [0.5, 0.6) is 5.75 Å². The maximum absolute atomic E-state index is 12.3. The van der Waals surface area contributed by atoms with Crippen LogP contribution in [0.1, 0.15) is 12.5 Å². The lowest BCUT2D eigenvalue weighted by Crippen LogP contribution is -2.29. The van der Waals surface area contributed by atoms with E-state index in [-0.39, 0.29) is 17.1 Å². The standard InChI is InChI=1S/C19H16Cl2N2O6/c1-11(29-18(24)8-4-12-3-6-14(20)15(21)9-12)19(25)22-16-10-13(23(26)27)5-7-17(16)28-2/h3-11H,1-2H3,(H,22,25)/b8-4+. The van der Waals surface area contributed by atoms with Crippen molar-refractivity contribution in [3.63, 3.8) is 0 Å². The molecular weight excluding hydrogens is 423 g/mol. The molecule has 8 nitrogen and oxygen atoms in total. The Bertz CT molecular complexity index is 977. The fraction of sp³-hybridized carbons (Fsp3) is 0.158. The van der Waals surface area contributed by atoms with Gasteiger partial charge in [-0.1, -0.05) is 29.3 Å². The highest BCUT2D eigenvalue weighted by atomic mass is 35.5. The Hall–Kier alpha value is -3.10. The fourth-order valence-corrected chi connectivity index (χ4v) is 2.50. The Kier molecular flexibility index (Phi) is 7.58. The van der Waals surface area contributed by atoms with Crippen molar-refractivity contribution in [1.29, 1.82) is 0 Å². The van der Waals surface area contributed by atoms with Gasteiger partial charge in [0.1, 0.15) is 5.75 Å². The first kappa shape index (κ1) is 22.2. The number of benzene rings is 2. The number of nitro benzene ring substituents is 1. The number of nitro groups is 1. The Balaban J connectivity index is 2.02. The van der Waals surface area contributed by atoms with Gasteiger partial charge in [-0.05, 0) is 36.8 Å². The Morgan fingerprint density at radius 3 is 2.52 bits per heavy atom. The zero-order valence-electron chi connectivity index (χ0n) is 15.3. The van der Waals surface area contributed by atoms with E-state index in [1.807, 2.05) is 0 Å². The van der Waals surface area contributed by atoms with Gasteiger partial charge in [0.05, 0.1) is 27.8 Å². The second kappa shape index (κ2) is 9.90. The largest absolute Gasteiger partial charge is 0.495 e. The minimum absolute atomic E-state index is 0.0842. The van der Waals surface area contributed by atoms with Crippen LogP contribution >= 0.6 is 23.2 Å². The van der Waals surface area contributed by atoms with Gasteiger partial charge < -0.3 is 14.8 Å². The second-order valence-electron chi connectivity index (χ2n) is 5.72. The number of anilines is 1. The van der Waals surface area contributed by atoms with Crippen LogP contribution in [0.25, 0.3) is 6.08 Å². The van der Waals surface area contributed by atoms with Gasteiger partial charge in [0, 0.05) is 18.2 Å². The lowest BCUT2D eigenvalue weighted by atomic mass is 10.2. The van der Waals surface area contributed by atoms with Crippen LogP contribution in [-0.4, -0.2) is 30.0 Å². The summed E-state index contributed by atoms with van der Waals surface area (Å²) in [7, 11) is 1.36. The summed E-state index contributed by atoms with van der Waals surface area (Å²) >= 11 is 11.7. The molecule has 29 heavy (non-hydrogen) atoms. The van der Waals surface area contributed by atoms with Crippen molar-refractivity contribution in [3.05, 3.63) is 68.2 Å². The number of non-ortho nitro benzene ring substituents is 1. The lowest BCUT2D eigenvalue weighted by Gasteiger charge is -2.14. The van der Waals surface area contributed by atoms with Crippen molar-refractivity contribution in [1.82, 2.24) is 0 Å². The maximum Gasteiger partial charge on any atom is 0.331 e. The molecule has 152 valence electrons. The van der Waals surface area contributed by atoms with E-state index in [2.05, 4.69) is 5.32 Å². The van der Waals surface area contributed by atoms with E-state index in [0.29, 0.717) is 15.6 Å². The van der Waals surface area contributed by atoms with Gasteiger partial charge in [-0.3, -0.25) is 14.9 Å². The van der Waals surface area contributed by atoms with E-state index in [0.717, 1.165) is 12.1 Å². The third-order valence-electron chi connectivity index (χ3n) is 3.67. The minimum Gasteiger partial charge on any atom is -0.495 e. The number of ether oxygens (including phenoxy) is 2. The predicted molar refractivity (Wildman–Crippen MR) is 109 cm³/mol. The number of amides is 1. The topological polar surface area (TPSA) is 108 Å². The molecule has 1 unspecified atom stereocenters. The summed E-state index contributed by atoms with van der Waals surface area (Å²) in [6.07, 6.45) is 1.43. The normalized spacial score (nSPS) is 11.7. The highest BCUT2D eigenvalue weighted by Gasteiger charge is 2.20. The van der Waals surface area contributed by atoms with Crippen molar-refractivity contribution in [2.75, 3.05) is 12.4 Å². The summed E-state index contributed by atoms with van der Waals surface area (Å²) < 4.78 is 10.1. The molecule has 0 saturated heterocycles. The number of nitrogens with zero attached hydrogens (tertiary/aromatic N) is 1. The molecule has 2 aromatic carbocycles. The fourth-order valence-electron chi connectivity index (χ4n) is 2.19. The monoisotopic (exact) mass is 438 g/mol. The van der Waals surface area contributed by atoms with E-state index in [1.165, 1.54) is 32.2 Å². The Morgan fingerprint density at radius 1 is 1.17 bits per heavy atom. The van der Waals surface area contributed by atoms with Gasteiger partial charge in [-0.15, -0.1) is 0 Å². The number of carbonyl (C=O) groups is 2. The molecular formula is C19H16Cl2N2O6. The van der Waals surface area contributed by atoms with Crippen LogP contribution < -0.4 is 10.1 Å². The number of hydrogen-bond donors (Lipinski definition) is 1. The number of hydrogen-bond acceptors (Lipinski definition) is 6. The zero-order chi connectivity index (χ0) is 21.6. The minimum atomic E-state index is -1.16. The Labute approximate surface area is 176 Å². The predicted octanol–water partition coefficient (Wildman–Crippen LogP) is 4.49. The molecule has 2 aromatic rings. The van der Waals surface area contributed by atoms with Gasteiger partial charge in [0.25, 0.3) is 11.6 Å². The zero-order valence-corrected chi connectivity index (χ0v) is 16.9. The number of rotatable bonds is 7. The molecule has 0 aliphatic carbocycles. The van der Waals surface area contributed by atoms with Crippen LogP contribution in [0.15, 0.2) is 42.5 Å². The lowest BCUT2D eigenvalue weighted by molar-refractivity contribution is -0.384. The van der Waals surface area contributed by atoms with Crippen LogP contribution in [0.4, 0.5) is 11.4 Å². The van der Waals surface area contributed by atoms with E-state index >= 15 is 0 Å². The second-order valence-corrected chi connectivity index (χ2v) is 6.53. The summed E-state index contributed by atoms with van der Waals surface area (Å²) in [6.45, 7) is 1.37. The van der Waals surface area contributed by atoms with Crippen molar-refractivity contribution < 1.29 is 24.0 Å². The van der Waals surface area contributed by atoms with E-state index < -0.39 is 22.9 Å². The highest BCUT2D eigenvalue weighted by Crippen LogP contribution is 2.29. The van der Waals surface area contributed by atoms with Gasteiger partial charge in [0.2, 0.25) is 0 Å². The summed E-state index contributed by atoms with van der Waals surface area (Å²) in [4.78, 5) is 34.5. The SMILES string of the molecule is COc1ccc([N+](=O)[O-])cc1NC(=O)C(C)OC(=O)/C=C/c1ccc(Cl)c(Cl)c1. The number of methoxy groups -OCH3 is 1. The molecule has 0 bridgehead atoms. The van der Waals surface area contributed by atoms with Gasteiger partial charge in [0.15, 0.2) is 6.10 Å². The van der Waals surface area contributed by atoms with Crippen molar-refractivity contribution in [2.24, 2.45) is 0 Å². The summed E-state index contributed by atoms with van der Waals surface area (Å²) in [5.74, 6) is -1.22. The van der Waals surface area contributed by atoms with E-state index in [4.69, 9.17) is 32.7 Å². The number of carbonyl (C=O) groups excluding carboxylic acids is 2. The molecule has 0 aliphatic rings. The average Bonchev–Trinajstić information content (AvgIpc) is 2.68. The van der Waals surface area contributed by atoms with Crippen molar-refractivity contribution >= 4 is 52.5 Å². The summed E-state index contributed by atoms with van der Waals surface area (Å²) in [6, 6.07) is 8.55. The molecule has 10 heteroatoms. The smallest absolute Gasteiger partial charge is 0.331 e. The molecule has 1 atom stereocenters. The van der Waals surface area contributed by atoms with Crippen LogP contribution in [0, 0.1) is 10.1 Å². The first-order chi connectivity index (χ1) is 13.7. The molecule has 0 aliphatic heterocycles. The molecule has 0 heterocycles. The van der Waals surface area contributed by atoms with Gasteiger partial charge >= 0.3 is 5.97 Å². The summed E-state index contributed by atoms with van der Waals surface area (Å²) in [5.41, 5.74) is 0.478.